The molecule has 5 nitrogen and oxygen atoms in total. The summed E-state index contributed by atoms with van der Waals surface area (Å²) >= 11 is 0. The molecule has 5 heteroatoms. The van der Waals surface area contributed by atoms with E-state index in [1.54, 1.807) is 0 Å². The summed E-state index contributed by atoms with van der Waals surface area (Å²) in [6.45, 7) is 6.38. The van der Waals surface area contributed by atoms with E-state index in [1.807, 2.05) is 0 Å². The van der Waals surface area contributed by atoms with Crippen LogP contribution < -0.4 is 16.0 Å². The predicted octanol–water partition coefficient (Wildman–Crippen LogP) is 6.04. The van der Waals surface area contributed by atoms with E-state index in [9.17, 15) is 4.79 Å². The average molecular weight is 498 g/mol. The maximum atomic E-state index is 13.8. The molecule has 202 valence electrons. The van der Waals surface area contributed by atoms with E-state index in [1.165, 1.54) is 75.3 Å². The van der Waals surface area contributed by atoms with Gasteiger partial charge in [-0.25, -0.2) is 4.79 Å². The standard InChI is InChI=1S/C31H51N3O2/c35-31(36-27-13-6-3-9-21-34-24-18-27)29-15-10-14-28(25-11-4-1-7-19-32-22-16-25)30(29)26-12-5-2-8-20-33-23-17-26/h10,14-15,25-27,32-34H,1-9,11-13,16-24H2. The number of rotatable bonds is 4. The highest BCUT2D eigenvalue weighted by atomic mass is 16.5. The van der Waals surface area contributed by atoms with Gasteiger partial charge in [0.25, 0.3) is 0 Å². The molecule has 0 radical (unpaired) electrons. The number of carbonyl (C=O) groups excluding carboxylic acids is 1. The van der Waals surface area contributed by atoms with Gasteiger partial charge in [0.2, 0.25) is 0 Å². The molecular formula is C31H51N3O2. The van der Waals surface area contributed by atoms with E-state index < -0.39 is 0 Å². The number of esters is 1. The summed E-state index contributed by atoms with van der Waals surface area (Å²) in [5, 5.41) is 10.8. The van der Waals surface area contributed by atoms with E-state index in [4.69, 9.17) is 4.74 Å². The maximum absolute atomic E-state index is 13.8. The van der Waals surface area contributed by atoms with Crippen molar-refractivity contribution >= 4 is 5.97 Å². The SMILES string of the molecule is O=C(OC1CCCCCNCC1)c1cccc(C2CCCCCNCC2)c1C1CCCCCNCC1. The van der Waals surface area contributed by atoms with Gasteiger partial charge in [-0.1, -0.05) is 44.2 Å². The minimum absolute atomic E-state index is 0.0240. The van der Waals surface area contributed by atoms with Gasteiger partial charge in [0.15, 0.2) is 0 Å². The number of nitrogens with one attached hydrogen (secondary N) is 3. The van der Waals surface area contributed by atoms with Crippen LogP contribution in [0.1, 0.15) is 130 Å². The van der Waals surface area contributed by atoms with Crippen LogP contribution in [-0.4, -0.2) is 51.3 Å². The van der Waals surface area contributed by atoms with E-state index in [-0.39, 0.29) is 12.1 Å². The number of ether oxygens (including phenoxy) is 1. The Balaban J connectivity index is 1.62. The molecule has 0 saturated carbocycles. The quantitative estimate of drug-likeness (QED) is 0.443. The second kappa shape index (κ2) is 15.7. The predicted molar refractivity (Wildman–Crippen MR) is 149 cm³/mol. The molecule has 3 heterocycles. The fourth-order valence-corrected chi connectivity index (χ4v) is 6.56. The first kappa shape index (κ1) is 27.6. The molecule has 3 aliphatic rings. The Morgan fingerprint density at radius 1 is 0.611 bits per heavy atom. The van der Waals surface area contributed by atoms with E-state index in [2.05, 4.69) is 34.1 Å². The van der Waals surface area contributed by atoms with Gasteiger partial charge >= 0.3 is 5.97 Å². The van der Waals surface area contributed by atoms with E-state index in [0.717, 1.165) is 76.9 Å². The van der Waals surface area contributed by atoms with Gasteiger partial charge in [0.05, 0.1) is 5.56 Å². The molecule has 1 aromatic carbocycles. The lowest BCUT2D eigenvalue weighted by atomic mass is 9.78. The van der Waals surface area contributed by atoms with Crippen molar-refractivity contribution in [1.82, 2.24) is 16.0 Å². The van der Waals surface area contributed by atoms with Crippen molar-refractivity contribution in [2.75, 3.05) is 39.3 Å². The third-order valence-electron chi connectivity index (χ3n) is 8.66. The highest BCUT2D eigenvalue weighted by Gasteiger charge is 2.28. The maximum Gasteiger partial charge on any atom is 0.338 e. The summed E-state index contributed by atoms with van der Waals surface area (Å²) in [4.78, 5) is 13.8. The van der Waals surface area contributed by atoms with Gasteiger partial charge in [-0.2, -0.15) is 0 Å². The average Bonchev–Trinajstić information content (AvgIpc) is 3.19. The van der Waals surface area contributed by atoms with Crippen LogP contribution in [0.2, 0.25) is 0 Å². The van der Waals surface area contributed by atoms with Crippen LogP contribution in [0, 0.1) is 0 Å². The Labute approximate surface area is 219 Å². The summed E-state index contributed by atoms with van der Waals surface area (Å²) in [5.41, 5.74) is 3.63. The van der Waals surface area contributed by atoms with Crippen molar-refractivity contribution in [3.63, 3.8) is 0 Å². The molecule has 0 aliphatic carbocycles. The van der Waals surface area contributed by atoms with Crippen LogP contribution >= 0.6 is 0 Å². The van der Waals surface area contributed by atoms with Crippen LogP contribution in [0.15, 0.2) is 18.2 Å². The van der Waals surface area contributed by atoms with Crippen LogP contribution in [0.25, 0.3) is 0 Å². The van der Waals surface area contributed by atoms with Crippen molar-refractivity contribution in [3.8, 4) is 0 Å². The van der Waals surface area contributed by atoms with E-state index in [0.29, 0.717) is 11.8 Å². The van der Waals surface area contributed by atoms with Gasteiger partial charge in [-0.3, -0.25) is 0 Å². The third kappa shape index (κ3) is 8.56. The Hall–Kier alpha value is -1.43. The molecule has 0 spiro atoms. The third-order valence-corrected chi connectivity index (χ3v) is 8.66. The second-order valence-electron chi connectivity index (χ2n) is 11.4. The van der Waals surface area contributed by atoms with Crippen LogP contribution in [0.5, 0.6) is 0 Å². The normalized spacial score (nSPS) is 27.9. The minimum atomic E-state index is -0.0786. The van der Waals surface area contributed by atoms with Crippen molar-refractivity contribution in [2.24, 2.45) is 0 Å². The van der Waals surface area contributed by atoms with Crippen molar-refractivity contribution < 1.29 is 9.53 Å². The van der Waals surface area contributed by atoms with E-state index >= 15 is 0 Å². The molecule has 3 fully saturated rings. The first-order chi connectivity index (χ1) is 17.8. The lowest BCUT2D eigenvalue weighted by molar-refractivity contribution is 0.0258. The molecule has 3 saturated heterocycles. The van der Waals surface area contributed by atoms with Crippen molar-refractivity contribution in [1.29, 1.82) is 0 Å². The van der Waals surface area contributed by atoms with Gasteiger partial charge in [0, 0.05) is 0 Å². The van der Waals surface area contributed by atoms with Crippen LogP contribution in [0.3, 0.4) is 0 Å². The molecule has 1 aromatic rings. The molecule has 0 amide bonds. The Morgan fingerprint density at radius 3 is 1.89 bits per heavy atom. The molecule has 36 heavy (non-hydrogen) atoms. The molecule has 3 unspecified atom stereocenters. The summed E-state index contributed by atoms with van der Waals surface area (Å²) < 4.78 is 6.28. The van der Waals surface area contributed by atoms with Gasteiger partial charge < -0.3 is 20.7 Å². The highest BCUT2D eigenvalue weighted by molar-refractivity contribution is 5.92. The number of hydrogen-bond donors (Lipinski definition) is 3. The summed E-state index contributed by atoms with van der Waals surface area (Å²) in [6, 6.07) is 6.55. The number of benzene rings is 1. The van der Waals surface area contributed by atoms with Gasteiger partial charge in [-0.05, 0) is 133 Å². The summed E-state index contributed by atoms with van der Waals surface area (Å²) in [7, 11) is 0. The number of carbonyl (C=O) groups is 1. The first-order valence-electron chi connectivity index (χ1n) is 15.3. The lowest BCUT2D eigenvalue weighted by Gasteiger charge is -2.28. The molecular weight excluding hydrogens is 446 g/mol. The minimum Gasteiger partial charge on any atom is -0.459 e. The molecule has 3 aliphatic heterocycles. The molecule has 4 rings (SSSR count). The zero-order valence-electron chi connectivity index (χ0n) is 22.6. The smallest absolute Gasteiger partial charge is 0.338 e. The fourth-order valence-electron chi connectivity index (χ4n) is 6.56. The lowest BCUT2D eigenvalue weighted by Crippen LogP contribution is -2.26. The topological polar surface area (TPSA) is 62.4 Å². The summed E-state index contributed by atoms with van der Waals surface area (Å²) in [5.74, 6) is 0.871. The van der Waals surface area contributed by atoms with Crippen molar-refractivity contribution in [3.05, 3.63) is 34.9 Å². The Morgan fingerprint density at radius 2 is 1.19 bits per heavy atom. The zero-order chi connectivity index (χ0) is 24.8. The highest BCUT2D eigenvalue weighted by Crippen LogP contribution is 2.39. The number of hydrogen-bond acceptors (Lipinski definition) is 5. The first-order valence-corrected chi connectivity index (χ1v) is 15.3. The Kier molecular flexibility index (Phi) is 12.1. The van der Waals surface area contributed by atoms with Gasteiger partial charge in [0.1, 0.15) is 6.10 Å². The zero-order valence-corrected chi connectivity index (χ0v) is 22.6. The van der Waals surface area contributed by atoms with Crippen LogP contribution in [0.4, 0.5) is 0 Å². The fraction of sp³-hybridized carbons (Fsp3) is 0.774. The van der Waals surface area contributed by atoms with Crippen LogP contribution in [-0.2, 0) is 4.74 Å². The second-order valence-corrected chi connectivity index (χ2v) is 11.4. The van der Waals surface area contributed by atoms with Crippen molar-refractivity contribution in [2.45, 2.75) is 114 Å². The molecule has 0 aromatic heterocycles. The monoisotopic (exact) mass is 497 g/mol. The largest absolute Gasteiger partial charge is 0.459 e. The molecule has 0 bridgehead atoms. The molecule has 3 atom stereocenters. The Bertz CT molecular complexity index is 753. The summed E-state index contributed by atoms with van der Waals surface area (Å²) in [6.07, 6.45) is 17.8. The van der Waals surface area contributed by atoms with Gasteiger partial charge in [-0.15, -0.1) is 0 Å². The molecule has 3 N–H and O–H groups in total.